The first kappa shape index (κ1) is 29.4. The number of benzene rings is 7. The summed E-state index contributed by atoms with van der Waals surface area (Å²) in [5.74, 6) is 2.46. The standard InChI is InChI=1S/C46H28N6O/c1-3-15-29(16-4-1)43-48-44(50-46(49-43)52-38-26-10-7-19-31(38)32-20-8-11-27-39(32)52)35-23-13-21-33-34-22-14-24-36(42(34)53-41(33)35)45-47-37-25-9-12-28-40(37)51(45)30-17-5-2-6-18-30/h1-28H. The maximum absolute atomic E-state index is 6.97. The Kier molecular flexibility index (Phi) is 6.42. The van der Waals surface area contributed by atoms with Crippen molar-refractivity contribution in [2.75, 3.05) is 0 Å². The van der Waals surface area contributed by atoms with E-state index >= 15 is 0 Å². The molecule has 11 rings (SSSR count). The predicted octanol–water partition coefficient (Wildman–Crippen LogP) is 11.2. The van der Waals surface area contributed by atoms with Crippen LogP contribution in [0.2, 0.25) is 0 Å². The first-order chi connectivity index (χ1) is 26.3. The van der Waals surface area contributed by atoms with Gasteiger partial charge in [-0.05, 0) is 48.5 Å². The zero-order valence-electron chi connectivity index (χ0n) is 28.3. The van der Waals surface area contributed by atoms with Crippen molar-refractivity contribution >= 4 is 54.8 Å². The van der Waals surface area contributed by atoms with Gasteiger partial charge in [0.2, 0.25) is 5.95 Å². The van der Waals surface area contributed by atoms with Crippen LogP contribution >= 0.6 is 0 Å². The summed E-state index contributed by atoms with van der Waals surface area (Å²) >= 11 is 0. The maximum atomic E-state index is 6.97. The van der Waals surface area contributed by atoms with E-state index in [9.17, 15) is 0 Å². The molecule has 0 N–H and O–H groups in total. The number of fused-ring (bicyclic) bond motifs is 7. The molecule has 11 aromatic rings. The van der Waals surface area contributed by atoms with Crippen LogP contribution in [0.15, 0.2) is 174 Å². The average Bonchev–Trinajstić information content (AvgIpc) is 3.91. The van der Waals surface area contributed by atoms with Crippen LogP contribution in [-0.2, 0) is 0 Å². The minimum absolute atomic E-state index is 0.526. The molecule has 0 saturated carbocycles. The fourth-order valence-electron chi connectivity index (χ4n) is 7.66. The molecular weight excluding hydrogens is 653 g/mol. The van der Waals surface area contributed by atoms with Crippen LogP contribution in [-0.4, -0.2) is 29.1 Å². The highest BCUT2D eigenvalue weighted by molar-refractivity contribution is 6.13. The zero-order chi connectivity index (χ0) is 34.9. The van der Waals surface area contributed by atoms with Crippen molar-refractivity contribution in [3.8, 4) is 45.8 Å². The van der Waals surface area contributed by atoms with E-state index in [1.54, 1.807) is 0 Å². The van der Waals surface area contributed by atoms with Gasteiger partial charge in [-0.2, -0.15) is 9.97 Å². The molecule has 4 aromatic heterocycles. The normalized spacial score (nSPS) is 11.8. The second-order valence-corrected chi connectivity index (χ2v) is 13.1. The monoisotopic (exact) mass is 680 g/mol. The largest absolute Gasteiger partial charge is 0.455 e. The van der Waals surface area contributed by atoms with E-state index in [0.717, 1.165) is 77.4 Å². The number of furan rings is 1. The number of para-hydroxylation sites is 7. The predicted molar refractivity (Wildman–Crippen MR) is 212 cm³/mol. The lowest BCUT2D eigenvalue weighted by molar-refractivity contribution is 0.670. The van der Waals surface area contributed by atoms with E-state index in [0.29, 0.717) is 23.2 Å². The molecule has 0 amide bonds. The maximum Gasteiger partial charge on any atom is 0.238 e. The third kappa shape index (κ3) is 4.54. The van der Waals surface area contributed by atoms with Crippen LogP contribution in [0.25, 0.3) is 101 Å². The molecule has 0 saturated heterocycles. The molecule has 0 spiro atoms. The van der Waals surface area contributed by atoms with Gasteiger partial charge in [0.25, 0.3) is 0 Å². The molecule has 4 heterocycles. The molecule has 7 aromatic carbocycles. The van der Waals surface area contributed by atoms with E-state index in [1.165, 1.54) is 0 Å². The molecule has 7 heteroatoms. The van der Waals surface area contributed by atoms with Crippen molar-refractivity contribution in [2.24, 2.45) is 0 Å². The van der Waals surface area contributed by atoms with Crippen molar-refractivity contribution in [2.45, 2.75) is 0 Å². The summed E-state index contributed by atoms with van der Waals surface area (Å²) in [4.78, 5) is 20.6. The van der Waals surface area contributed by atoms with E-state index in [1.807, 2.05) is 72.8 Å². The Bertz CT molecular complexity index is 3120. The van der Waals surface area contributed by atoms with Crippen LogP contribution in [0.5, 0.6) is 0 Å². The highest BCUT2D eigenvalue weighted by Gasteiger charge is 2.23. The quantitative estimate of drug-likeness (QED) is 0.181. The van der Waals surface area contributed by atoms with Crippen molar-refractivity contribution in [3.63, 3.8) is 0 Å². The fourth-order valence-corrected chi connectivity index (χ4v) is 7.66. The van der Waals surface area contributed by atoms with Gasteiger partial charge in [0, 0.05) is 32.8 Å². The van der Waals surface area contributed by atoms with Crippen LogP contribution in [0.4, 0.5) is 0 Å². The van der Waals surface area contributed by atoms with Crippen LogP contribution < -0.4 is 0 Å². The molecule has 0 radical (unpaired) electrons. The Morgan fingerprint density at radius 2 is 0.925 bits per heavy atom. The Balaban J connectivity index is 1.17. The molecule has 0 aliphatic rings. The lowest BCUT2D eigenvalue weighted by atomic mass is 10.1. The molecule has 0 unspecified atom stereocenters. The van der Waals surface area contributed by atoms with Gasteiger partial charge in [0.1, 0.15) is 17.0 Å². The minimum atomic E-state index is 0.526. The molecule has 0 aliphatic heterocycles. The van der Waals surface area contributed by atoms with Crippen molar-refractivity contribution < 1.29 is 4.42 Å². The fraction of sp³-hybridized carbons (Fsp3) is 0. The Labute approximate surface area is 303 Å². The Morgan fingerprint density at radius 3 is 1.64 bits per heavy atom. The van der Waals surface area contributed by atoms with Crippen molar-refractivity contribution in [1.82, 2.24) is 29.1 Å². The summed E-state index contributed by atoms with van der Waals surface area (Å²) in [5, 5.41) is 4.24. The van der Waals surface area contributed by atoms with Crippen LogP contribution in [0.3, 0.4) is 0 Å². The third-order valence-electron chi connectivity index (χ3n) is 10.0. The lowest BCUT2D eigenvalue weighted by Crippen LogP contribution is -2.06. The Hall–Kier alpha value is -7.38. The first-order valence-corrected chi connectivity index (χ1v) is 17.6. The molecule has 248 valence electrons. The lowest BCUT2D eigenvalue weighted by Gasteiger charge is -2.11. The molecule has 0 bridgehead atoms. The van der Waals surface area contributed by atoms with Gasteiger partial charge >= 0.3 is 0 Å². The van der Waals surface area contributed by atoms with Gasteiger partial charge in [-0.15, -0.1) is 0 Å². The van der Waals surface area contributed by atoms with Crippen molar-refractivity contribution in [3.05, 3.63) is 170 Å². The minimum Gasteiger partial charge on any atom is -0.455 e. The highest BCUT2D eigenvalue weighted by Crippen LogP contribution is 2.41. The van der Waals surface area contributed by atoms with E-state index in [4.69, 9.17) is 24.4 Å². The third-order valence-corrected chi connectivity index (χ3v) is 10.0. The summed E-state index contributed by atoms with van der Waals surface area (Å²) < 4.78 is 11.3. The number of rotatable bonds is 5. The van der Waals surface area contributed by atoms with Gasteiger partial charge in [0.15, 0.2) is 11.6 Å². The molecule has 7 nitrogen and oxygen atoms in total. The molecular formula is C46H28N6O. The van der Waals surface area contributed by atoms with Gasteiger partial charge in [0.05, 0.1) is 33.2 Å². The Morgan fingerprint density at radius 1 is 0.377 bits per heavy atom. The number of nitrogens with zero attached hydrogens (tertiary/aromatic N) is 6. The highest BCUT2D eigenvalue weighted by atomic mass is 16.3. The summed E-state index contributed by atoms with van der Waals surface area (Å²) in [6, 6.07) is 57.8. The summed E-state index contributed by atoms with van der Waals surface area (Å²) in [7, 11) is 0. The van der Waals surface area contributed by atoms with Gasteiger partial charge in [-0.3, -0.25) is 9.13 Å². The molecule has 0 aliphatic carbocycles. The van der Waals surface area contributed by atoms with E-state index in [2.05, 4.69) is 106 Å². The smallest absolute Gasteiger partial charge is 0.238 e. The van der Waals surface area contributed by atoms with E-state index in [-0.39, 0.29) is 0 Å². The van der Waals surface area contributed by atoms with Crippen molar-refractivity contribution in [1.29, 1.82) is 0 Å². The topological polar surface area (TPSA) is 74.6 Å². The average molecular weight is 681 g/mol. The summed E-state index contributed by atoms with van der Waals surface area (Å²) in [6.07, 6.45) is 0. The molecule has 53 heavy (non-hydrogen) atoms. The number of hydrogen-bond acceptors (Lipinski definition) is 5. The first-order valence-electron chi connectivity index (χ1n) is 17.6. The number of hydrogen-bond donors (Lipinski definition) is 0. The van der Waals surface area contributed by atoms with E-state index < -0.39 is 0 Å². The summed E-state index contributed by atoms with van der Waals surface area (Å²) in [5.41, 5.74) is 9.06. The second kappa shape index (κ2) is 11.6. The molecule has 0 atom stereocenters. The van der Waals surface area contributed by atoms with Gasteiger partial charge < -0.3 is 4.42 Å². The van der Waals surface area contributed by atoms with Crippen LogP contribution in [0.1, 0.15) is 0 Å². The SMILES string of the molecule is c1ccc(-c2nc(-c3cccc4c3oc3c(-c5nc6ccccc6n5-c5ccccc5)cccc34)nc(-n3c4ccccc4c4ccccc43)n2)cc1. The second-order valence-electron chi connectivity index (χ2n) is 13.1. The number of imidazole rings is 1. The van der Waals surface area contributed by atoms with Gasteiger partial charge in [-0.25, -0.2) is 9.97 Å². The summed E-state index contributed by atoms with van der Waals surface area (Å²) in [6.45, 7) is 0. The van der Waals surface area contributed by atoms with Gasteiger partial charge in [-0.1, -0.05) is 121 Å². The molecule has 0 fully saturated rings. The van der Waals surface area contributed by atoms with Crippen LogP contribution in [0, 0.1) is 0 Å². The number of aromatic nitrogens is 6. The zero-order valence-corrected chi connectivity index (χ0v) is 28.3.